The lowest BCUT2D eigenvalue weighted by atomic mass is 9.98. The Kier molecular flexibility index (Phi) is 27.6. The Hall–Kier alpha value is -1.15. The largest absolute Gasteiger partial charge is 0.394 e. The van der Waals surface area contributed by atoms with Crippen LogP contribution in [0.4, 0.5) is 0 Å². The molecule has 0 aromatic heterocycles. The number of ether oxygens (including phenoxy) is 2. The fourth-order valence-corrected chi connectivity index (χ4v) is 6.20. The predicted octanol–water partition coefficient (Wildman–Crippen LogP) is 4.55. The Morgan fingerprint density at radius 1 is 0.694 bits per heavy atom. The molecule has 9 atom stereocenters. The maximum absolute atomic E-state index is 13.0. The highest BCUT2D eigenvalue weighted by atomic mass is 16.7. The second kappa shape index (κ2) is 29.4. The van der Waals surface area contributed by atoms with Crippen LogP contribution < -0.4 is 5.32 Å². The standard InChI is InChI=1S/C38H73NO10/c1-3-5-7-9-11-13-15-17-19-21-23-25-30(41)33(43)29(28-48-38-36(46)35(45)34(44)32(27-40)49-38)39-37(47)31(42)26-24-22-20-18-16-14-12-10-8-6-4-2/h17,19,29-36,38,40-46H,3-16,18,20-28H2,1-2H3,(H,39,47). The van der Waals surface area contributed by atoms with Gasteiger partial charge in [0.1, 0.15) is 36.6 Å². The molecule has 1 aliphatic heterocycles. The summed E-state index contributed by atoms with van der Waals surface area (Å²) in [5.41, 5.74) is 0. The molecule has 1 aliphatic rings. The number of aliphatic hydroxyl groups is 7. The average Bonchev–Trinajstić information content (AvgIpc) is 3.10. The number of rotatable bonds is 31. The number of hydrogen-bond donors (Lipinski definition) is 8. The van der Waals surface area contributed by atoms with Crippen LogP contribution in [-0.2, 0) is 14.3 Å². The Morgan fingerprint density at radius 2 is 1.20 bits per heavy atom. The van der Waals surface area contributed by atoms with E-state index in [0.29, 0.717) is 12.8 Å². The SMILES string of the molecule is CCCCCCCCC=CCCCC(O)C(O)C(COC1OC(CO)C(O)C(O)C1O)NC(=O)C(O)CCCCCCCCCCCCC. The summed E-state index contributed by atoms with van der Waals surface area (Å²) in [5, 5.41) is 75.1. The van der Waals surface area contributed by atoms with Gasteiger partial charge in [-0.05, 0) is 38.5 Å². The zero-order chi connectivity index (χ0) is 36.3. The summed E-state index contributed by atoms with van der Waals surface area (Å²) < 4.78 is 11.0. The topological polar surface area (TPSA) is 189 Å². The van der Waals surface area contributed by atoms with E-state index in [4.69, 9.17) is 9.47 Å². The van der Waals surface area contributed by atoms with Crippen molar-refractivity contribution in [1.82, 2.24) is 5.32 Å². The molecule has 0 spiro atoms. The van der Waals surface area contributed by atoms with Gasteiger partial charge in [-0.1, -0.05) is 129 Å². The maximum Gasteiger partial charge on any atom is 0.249 e. The number of nitrogens with one attached hydrogen (secondary N) is 1. The molecule has 1 amide bonds. The summed E-state index contributed by atoms with van der Waals surface area (Å²) in [6.07, 6.45) is 15.7. The number of allylic oxidation sites excluding steroid dienone is 2. The zero-order valence-corrected chi connectivity index (χ0v) is 30.7. The van der Waals surface area contributed by atoms with Crippen molar-refractivity contribution in [2.24, 2.45) is 0 Å². The van der Waals surface area contributed by atoms with Crippen LogP contribution in [0.3, 0.4) is 0 Å². The van der Waals surface area contributed by atoms with Crippen LogP contribution in [0.2, 0.25) is 0 Å². The minimum Gasteiger partial charge on any atom is -0.394 e. The Bertz CT molecular complexity index is 815. The van der Waals surface area contributed by atoms with Crippen molar-refractivity contribution in [2.75, 3.05) is 13.2 Å². The molecular weight excluding hydrogens is 630 g/mol. The normalized spacial score (nSPS) is 23.8. The van der Waals surface area contributed by atoms with E-state index >= 15 is 0 Å². The van der Waals surface area contributed by atoms with Gasteiger partial charge in [0.2, 0.25) is 5.91 Å². The van der Waals surface area contributed by atoms with Gasteiger partial charge < -0.3 is 50.5 Å². The lowest BCUT2D eigenvalue weighted by Crippen LogP contribution is -2.60. The van der Waals surface area contributed by atoms with Gasteiger partial charge in [-0.3, -0.25) is 4.79 Å². The predicted molar refractivity (Wildman–Crippen MR) is 192 cm³/mol. The van der Waals surface area contributed by atoms with Gasteiger partial charge in [-0.2, -0.15) is 0 Å². The van der Waals surface area contributed by atoms with E-state index in [0.717, 1.165) is 38.5 Å². The summed E-state index contributed by atoms with van der Waals surface area (Å²) in [5.74, 6) is -0.710. The molecule has 290 valence electrons. The van der Waals surface area contributed by atoms with Crippen molar-refractivity contribution in [2.45, 2.75) is 210 Å². The average molecular weight is 704 g/mol. The lowest BCUT2D eigenvalue weighted by molar-refractivity contribution is -0.303. The molecular formula is C38H73NO10. The molecule has 0 saturated carbocycles. The second-order valence-electron chi connectivity index (χ2n) is 14.0. The number of carbonyl (C=O) groups is 1. The van der Waals surface area contributed by atoms with Gasteiger partial charge in [0.25, 0.3) is 0 Å². The van der Waals surface area contributed by atoms with Gasteiger partial charge in [-0.15, -0.1) is 0 Å². The van der Waals surface area contributed by atoms with E-state index < -0.39 is 74.2 Å². The smallest absolute Gasteiger partial charge is 0.249 e. The van der Waals surface area contributed by atoms with Crippen LogP contribution >= 0.6 is 0 Å². The van der Waals surface area contributed by atoms with E-state index in [9.17, 15) is 40.5 Å². The monoisotopic (exact) mass is 704 g/mol. The highest BCUT2D eigenvalue weighted by Crippen LogP contribution is 2.23. The minimum atomic E-state index is -1.66. The first-order chi connectivity index (χ1) is 23.7. The molecule has 1 rings (SSSR count). The molecule has 0 bridgehead atoms. The molecule has 1 saturated heterocycles. The van der Waals surface area contributed by atoms with Crippen molar-refractivity contribution >= 4 is 5.91 Å². The zero-order valence-electron chi connectivity index (χ0n) is 30.7. The first-order valence-electron chi connectivity index (χ1n) is 19.6. The lowest BCUT2D eigenvalue weighted by Gasteiger charge is -2.40. The number of amides is 1. The molecule has 0 aromatic rings. The number of unbranched alkanes of at least 4 members (excludes halogenated alkanes) is 17. The van der Waals surface area contributed by atoms with Crippen LogP contribution in [0, 0.1) is 0 Å². The fraction of sp³-hybridized carbons (Fsp3) is 0.921. The van der Waals surface area contributed by atoms with Crippen LogP contribution in [0.1, 0.15) is 155 Å². The molecule has 0 radical (unpaired) electrons. The Balaban J connectivity index is 2.60. The van der Waals surface area contributed by atoms with E-state index in [1.165, 1.54) is 77.0 Å². The van der Waals surface area contributed by atoms with Crippen molar-refractivity contribution in [3.05, 3.63) is 12.2 Å². The molecule has 0 aromatic carbocycles. The third-order valence-electron chi connectivity index (χ3n) is 9.57. The van der Waals surface area contributed by atoms with Gasteiger partial charge in [0.05, 0.1) is 25.4 Å². The highest BCUT2D eigenvalue weighted by molar-refractivity contribution is 5.80. The van der Waals surface area contributed by atoms with E-state index in [1.54, 1.807) is 0 Å². The summed E-state index contributed by atoms with van der Waals surface area (Å²) >= 11 is 0. The first-order valence-corrected chi connectivity index (χ1v) is 19.6. The molecule has 1 heterocycles. The van der Waals surface area contributed by atoms with Crippen LogP contribution in [-0.4, -0.2) is 110 Å². The van der Waals surface area contributed by atoms with Gasteiger partial charge in [0, 0.05) is 0 Å². The van der Waals surface area contributed by atoms with Gasteiger partial charge >= 0.3 is 0 Å². The third-order valence-corrected chi connectivity index (χ3v) is 9.57. The molecule has 49 heavy (non-hydrogen) atoms. The van der Waals surface area contributed by atoms with Gasteiger partial charge in [-0.25, -0.2) is 0 Å². The van der Waals surface area contributed by atoms with Crippen molar-refractivity contribution in [3.8, 4) is 0 Å². The summed E-state index contributed by atoms with van der Waals surface area (Å²) in [6.45, 7) is 3.35. The van der Waals surface area contributed by atoms with Crippen molar-refractivity contribution < 1.29 is 50.0 Å². The van der Waals surface area contributed by atoms with Gasteiger partial charge in [0.15, 0.2) is 6.29 Å². The van der Waals surface area contributed by atoms with Crippen molar-refractivity contribution in [3.63, 3.8) is 0 Å². The third kappa shape index (κ3) is 20.5. The number of aliphatic hydroxyl groups excluding tert-OH is 7. The summed E-state index contributed by atoms with van der Waals surface area (Å²) in [6, 6.07) is -1.18. The van der Waals surface area contributed by atoms with Crippen molar-refractivity contribution in [1.29, 1.82) is 0 Å². The number of hydrogen-bond acceptors (Lipinski definition) is 10. The highest BCUT2D eigenvalue weighted by Gasteiger charge is 2.44. The summed E-state index contributed by atoms with van der Waals surface area (Å²) in [4.78, 5) is 13.0. The minimum absolute atomic E-state index is 0.257. The van der Waals surface area contributed by atoms with E-state index in [-0.39, 0.29) is 12.8 Å². The van der Waals surface area contributed by atoms with Crippen LogP contribution in [0.25, 0.3) is 0 Å². The van der Waals surface area contributed by atoms with Crippen LogP contribution in [0.15, 0.2) is 12.2 Å². The molecule has 9 unspecified atom stereocenters. The Morgan fingerprint density at radius 3 is 1.76 bits per heavy atom. The molecule has 1 fully saturated rings. The molecule has 8 N–H and O–H groups in total. The quantitative estimate of drug-likeness (QED) is 0.0376. The van der Waals surface area contributed by atoms with E-state index in [1.807, 2.05) is 0 Å². The maximum atomic E-state index is 13.0. The molecule has 11 heteroatoms. The van der Waals surface area contributed by atoms with E-state index in [2.05, 4.69) is 31.3 Å². The Labute approximate surface area is 296 Å². The number of carbonyl (C=O) groups excluding carboxylic acids is 1. The fourth-order valence-electron chi connectivity index (χ4n) is 6.20. The molecule has 0 aliphatic carbocycles. The first kappa shape index (κ1) is 45.9. The summed E-state index contributed by atoms with van der Waals surface area (Å²) in [7, 11) is 0. The second-order valence-corrected chi connectivity index (χ2v) is 14.0. The van der Waals surface area contributed by atoms with Crippen LogP contribution in [0.5, 0.6) is 0 Å². The molecule has 11 nitrogen and oxygen atoms in total.